The van der Waals surface area contributed by atoms with Gasteiger partial charge in [0.25, 0.3) is 0 Å². The average molecular weight is 280 g/mol. The fraction of sp³-hybridized carbons (Fsp3) is 0.0769. The summed E-state index contributed by atoms with van der Waals surface area (Å²) in [5, 5.41) is 0.803. The predicted octanol–water partition coefficient (Wildman–Crippen LogP) is 4.67. The Morgan fingerprint density at radius 1 is 1.07 bits per heavy atom. The summed E-state index contributed by atoms with van der Waals surface area (Å²) in [6, 6.07) is 12.5. The van der Waals surface area contributed by atoms with E-state index in [2.05, 4.69) is 40.2 Å². The van der Waals surface area contributed by atoms with Gasteiger partial charge in [-0.3, -0.25) is 0 Å². The summed E-state index contributed by atoms with van der Waals surface area (Å²) >= 11 is 9.63. The summed E-state index contributed by atoms with van der Waals surface area (Å²) in [4.78, 5) is 0. The Labute approximate surface area is 102 Å². The molecule has 2 aromatic rings. The summed E-state index contributed by atoms with van der Waals surface area (Å²) in [6.07, 6.45) is 1.02. The molecule has 0 atom stereocenters. The lowest BCUT2D eigenvalue weighted by Gasteiger charge is -2.03. The van der Waals surface area contributed by atoms with Crippen LogP contribution >= 0.6 is 27.5 Å². The predicted molar refractivity (Wildman–Crippen MR) is 67.4 cm³/mol. The molecule has 0 radical (unpaired) electrons. The third kappa shape index (κ3) is 1.42. The minimum atomic E-state index is 0.803. The summed E-state index contributed by atoms with van der Waals surface area (Å²) in [7, 11) is 0. The monoisotopic (exact) mass is 278 g/mol. The van der Waals surface area contributed by atoms with Crippen molar-refractivity contribution >= 4 is 27.5 Å². The first-order chi connectivity index (χ1) is 7.25. The van der Waals surface area contributed by atoms with Gasteiger partial charge in [-0.1, -0.05) is 45.7 Å². The first-order valence-corrected chi connectivity index (χ1v) is 5.99. The Bertz CT molecular complexity index is 546. The molecule has 3 rings (SSSR count). The van der Waals surface area contributed by atoms with Crippen molar-refractivity contribution in [1.29, 1.82) is 0 Å². The number of hydrogen-bond donors (Lipinski definition) is 0. The van der Waals surface area contributed by atoms with Gasteiger partial charge in [0.1, 0.15) is 0 Å². The quantitative estimate of drug-likeness (QED) is 0.561. The molecule has 0 unspecified atom stereocenters. The van der Waals surface area contributed by atoms with E-state index in [9.17, 15) is 0 Å². The van der Waals surface area contributed by atoms with Crippen LogP contribution in [0.4, 0.5) is 0 Å². The van der Waals surface area contributed by atoms with Crippen LogP contribution in [0.2, 0.25) is 5.02 Å². The summed E-state index contributed by atoms with van der Waals surface area (Å²) in [6.45, 7) is 0. The highest BCUT2D eigenvalue weighted by molar-refractivity contribution is 9.10. The lowest BCUT2D eigenvalue weighted by Crippen LogP contribution is -1.79. The van der Waals surface area contributed by atoms with Gasteiger partial charge in [0.15, 0.2) is 0 Å². The molecule has 0 spiro atoms. The highest BCUT2D eigenvalue weighted by atomic mass is 79.9. The summed E-state index contributed by atoms with van der Waals surface area (Å²) in [5.41, 5.74) is 5.31. The van der Waals surface area contributed by atoms with Crippen molar-refractivity contribution < 1.29 is 0 Å². The van der Waals surface area contributed by atoms with E-state index in [0.717, 1.165) is 15.9 Å². The fourth-order valence-corrected chi connectivity index (χ4v) is 2.95. The molecule has 0 fully saturated rings. The highest BCUT2D eigenvalue weighted by Gasteiger charge is 2.20. The number of halogens is 2. The third-order valence-electron chi connectivity index (χ3n) is 2.82. The van der Waals surface area contributed by atoms with Gasteiger partial charge in [0.2, 0.25) is 0 Å². The van der Waals surface area contributed by atoms with Crippen LogP contribution in [0.25, 0.3) is 11.1 Å². The highest BCUT2D eigenvalue weighted by Crippen LogP contribution is 2.41. The Hall–Kier alpha value is -0.790. The third-order valence-corrected chi connectivity index (χ3v) is 3.72. The van der Waals surface area contributed by atoms with E-state index in [4.69, 9.17) is 11.6 Å². The largest absolute Gasteiger partial charge is 0.0843 e. The van der Waals surface area contributed by atoms with Crippen molar-refractivity contribution in [3.05, 3.63) is 57.0 Å². The standard InChI is InChI=1S/C13H8BrCl/c14-12-3-1-2-9-6-8-4-5-10(15)7-11(8)13(9)12/h1-5,7H,6H2. The Morgan fingerprint density at radius 3 is 2.80 bits per heavy atom. The molecule has 0 nitrogen and oxygen atoms in total. The van der Waals surface area contributed by atoms with Gasteiger partial charge < -0.3 is 0 Å². The Morgan fingerprint density at radius 2 is 1.93 bits per heavy atom. The second kappa shape index (κ2) is 3.36. The molecule has 0 saturated carbocycles. The van der Waals surface area contributed by atoms with Gasteiger partial charge in [-0.05, 0) is 46.9 Å². The second-order valence-corrected chi connectivity index (χ2v) is 5.04. The Balaban J connectivity index is 2.33. The van der Waals surface area contributed by atoms with Crippen molar-refractivity contribution in [1.82, 2.24) is 0 Å². The van der Waals surface area contributed by atoms with Crippen LogP contribution in [0.1, 0.15) is 11.1 Å². The zero-order valence-electron chi connectivity index (χ0n) is 7.93. The van der Waals surface area contributed by atoms with Crippen LogP contribution < -0.4 is 0 Å². The van der Waals surface area contributed by atoms with Crippen molar-refractivity contribution in [2.75, 3.05) is 0 Å². The first kappa shape index (κ1) is 9.44. The maximum atomic E-state index is 6.03. The zero-order chi connectivity index (χ0) is 10.4. The normalized spacial score (nSPS) is 12.4. The number of rotatable bonds is 0. The SMILES string of the molecule is Clc1ccc2c(c1)-c1c(Br)cccc1C2. The molecule has 0 N–H and O–H groups in total. The molecule has 74 valence electrons. The molecule has 0 saturated heterocycles. The van der Waals surface area contributed by atoms with Crippen LogP contribution in [0.15, 0.2) is 40.9 Å². The van der Waals surface area contributed by atoms with E-state index >= 15 is 0 Å². The molecule has 0 heterocycles. The molecule has 0 amide bonds. The minimum Gasteiger partial charge on any atom is -0.0843 e. The van der Waals surface area contributed by atoms with Gasteiger partial charge in [0, 0.05) is 9.50 Å². The van der Waals surface area contributed by atoms with Crippen LogP contribution in [-0.4, -0.2) is 0 Å². The maximum Gasteiger partial charge on any atom is 0.0412 e. The van der Waals surface area contributed by atoms with Crippen molar-refractivity contribution in [2.45, 2.75) is 6.42 Å². The van der Waals surface area contributed by atoms with Crippen LogP contribution in [-0.2, 0) is 6.42 Å². The first-order valence-electron chi connectivity index (χ1n) is 4.82. The molecular formula is C13H8BrCl. The van der Waals surface area contributed by atoms with Gasteiger partial charge >= 0.3 is 0 Å². The number of fused-ring (bicyclic) bond motifs is 3. The van der Waals surface area contributed by atoms with E-state index in [-0.39, 0.29) is 0 Å². The molecule has 0 aromatic heterocycles. The molecule has 1 aliphatic rings. The van der Waals surface area contributed by atoms with Gasteiger partial charge in [-0.25, -0.2) is 0 Å². The van der Waals surface area contributed by atoms with E-state index in [1.165, 1.54) is 22.3 Å². The van der Waals surface area contributed by atoms with Gasteiger partial charge in [0.05, 0.1) is 0 Å². The number of hydrogen-bond acceptors (Lipinski definition) is 0. The summed E-state index contributed by atoms with van der Waals surface area (Å²) in [5.74, 6) is 0. The van der Waals surface area contributed by atoms with Crippen LogP contribution in [0, 0.1) is 0 Å². The van der Waals surface area contributed by atoms with Gasteiger partial charge in [-0.2, -0.15) is 0 Å². The molecule has 2 aromatic carbocycles. The van der Waals surface area contributed by atoms with E-state index in [0.29, 0.717) is 0 Å². The topological polar surface area (TPSA) is 0 Å². The van der Waals surface area contributed by atoms with Crippen molar-refractivity contribution in [3.63, 3.8) is 0 Å². The lowest BCUT2D eigenvalue weighted by molar-refractivity contribution is 1.26. The minimum absolute atomic E-state index is 0.803. The zero-order valence-corrected chi connectivity index (χ0v) is 10.3. The van der Waals surface area contributed by atoms with Crippen molar-refractivity contribution in [3.8, 4) is 11.1 Å². The van der Waals surface area contributed by atoms with Crippen LogP contribution in [0.3, 0.4) is 0 Å². The maximum absolute atomic E-state index is 6.03. The van der Waals surface area contributed by atoms with E-state index < -0.39 is 0 Å². The molecule has 0 bridgehead atoms. The van der Waals surface area contributed by atoms with E-state index in [1.54, 1.807) is 0 Å². The molecule has 15 heavy (non-hydrogen) atoms. The van der Waals surface area contributed by atoms with Crippen molar-refractivity contribution in [2.24, 2.45) is 0 Å². The van der Waals surface area contributed by atoms with E-state index in [1.807, 2.05) is 12.1 Å². The lowest BCUT2D eigenvalue weighted by atomic mass is 10.1. The molecule has 0 aliphatic heterocycles. The average Bonchev–Trinajstić information content (AvgIpc) is 2.57. The second-order valence-electron chi connectivity index (χ2n) is 3.75. The molecular weight excluding hydrogens is 272 g/mol. The smallest absolute Gasteiger partial charge is 0.0412 e. The van der Waals surface area contributed by atoms with Gasteiger partial charge in [-0.15, -0.1) is 0 Å². The number of benzene rings is 2. The summed E-state index contributed by atoms with van der Waals surface area (Å²) < 4.78 is 1.15. The molecule has 1 aliphatic carbocycles. The molecule has 2 heteroatoms. The Kier molecular flexibility index (Phi) is 2.11. The fourth-order valence-electron chi connectivity index (χ4n) is 2.16. The van der Waals surface area contributed by atoms with Crippen LogP contribution in [0.5, 0.6) is 0 Å².